The average molecular weight is 232 g/mol. The topological polar surface area (TPSA) is 94.9 Å². The highest BCUT2D eigenvalue weighted by Crippen LogP contribution is 1.94. The SMILES string of the molecule is N#CCC(=O)NCCNC(=O)c1ccncc1. The summed E-state index contributed by atoms with van der Waals surface area (Å²) in [5.74, 6) is -0.562. The van der Waals surface area contributed by atoms with Crippen molar-refractivity contribution in [3.8, 4) is 6.07 Å². The lowest BCUT2D eigenvalue weighted by Crippen LogP contribution is -2.34. The maximum Gasteiger partial charge on any atom is 0.251 e. The largest absolute Gasteiger partial charge is 0.353 e. The van der Waals surface area contributed by atoms with Crippen molar-refractivity contribution in [1.82, 2.24) is 15.6 Å². The summed E-state index contributed by atoms with van der Waals surface area (Å²) in [7, 11) is 0. The zero-order chi connectivity index (χ0) is 12.5. The van der Waals surface area contributed by atoms with Gasteiger partial charge in [0.25, 0.3) is 5.91 Å². The third kappa shape index (κ3) is 4.75. The molecule has 0 atom stereocenters. The summed E-state index contributed by atoms with van der Waals surface area (Å²) in [6, 6.07) is 4.94. The van der Waals surface area contributed by atoms with E-state index in [4.69, 9.17) is 5.26 Å². The van der Waals surface area contributed by atoms with Crippen molar-refractivity contribution in [3.63, 3.8) is 0 Å². The predicted molar refractivity (Wildman–Crippen MR) is 59.8 cm³/mol. The lowest BCUT2D eigenvalue weighted by Gasteiger charge is -2.05. The normalized spacial score (nSPS) is 9.12. The molecule has 17 heavy (non-hydrogen) atoms. The fourth-order valence-corrected chi connectivity index (χ4v) is 1.12. The second-order valence-corrected chi connectivity index (χ2v) is 3.18. The van der Waals surface area contributed by atoms with E-state index in [9.17, 15) is 9.59 Å². The van der Waals surface area contributed by atoms with Gasteiger partial charge in [0.2, 0.25) is 5.91 Å². The van der Waals surface area contributed by atoms with Crippen molar-refractivity contribution < 1.29 is 9.59 Å². The first-order valence-electron chi connectivity index (χ1n) is 5.06. The Morgan fingerprint density at radius 1 is 1.24 bits per heavy atom. The van der Waals surface area contributed by atoms with Crippen LogP contribution < -0.4 is 10.6 Å². The van der Waals surface area contributed by atoms with E-state index in [0.717, 1.165) is 0 Å². The molecule has 0 spiro atoms. The fraction of sp³-hybridized carbons (Fsp3) is 0.273. The van der Waals surface area contributed by atoms with Crippen molar-refractivity contribution in [3.05, 3.63) is 30.1 Å². The third-order valence-electron chi connectivity index (χ3n) is 1.91. The minimum absolute atomic E-state index is 0.168. The summed E-state index contributed by atoms with van der Waals surface area (Å²) < 4.78 is 0. The molecule has 2 amide bonds. The van der Waals surface area contributed by atoms with Crippen LogP contribution in [-0.2, 0) is 4.79 Å². The quantitative estimate of drug-likeness (QED) is 0.690. The minimum Gasteiger partial charge on any atom is -0.353 e. The summed E-state index contributed by atoms with van der Waals surface area (Å²) in [6.07, 6.45) is 2.89. The number of aromatic nitrogens is 1. The lowest BCUT2D eigenvalue weighted by molar-refractivity contribution is -0.120. The van der Waals surface area contributed by atoms with Gasteiger partial charge in [-0.2, -0.15) is 5.26 Å². The number of carbonyl (C=O) groups is 2. The second-order valence-electron chi connectivity index (χ2n) is 3.18. The van der Waals surface area contributed by atoms with Gasteiger partial charge in [0.05, 0.1) is 6.07 Å². The molecule has 1 heterocycles. The van der Waals surface area contributed by atoms with E-state index in [2.05, 4.69) is 15.6 Å². The third-order valence-corrected chi connectivity index (χ3v) is 1.91. The van der Waals surface area contributed by atoms with Gasteiger partial charge in [-0.15, -0.1) is 0 Å². The highest BCUT2D eigenvalue weighted by Gasteiger charge is 2.03. The van der Waals surface area contributed by atoms with Gasteiger partial charge in [-0.05, 0) is 12.1 Å². The Morgan fingerprint density at radius 2 is 1.88 bits per heavy atom. The van der Waals surface area contributed by atoms with Crippen molar-refractivity contribution in [2.24, 2.45) is 0 Å². The molecule has 88 valence electrons. The number of rotatable bonds is 5. The molecule has 0 aliphatic carbocycles. The number of carbonyl (C=O) groups excluding carboxylic acids is 2. The van der Waals surface area contributed by atoms with Gasteiger partial charge in [-0.25, -0.2) is 0 Å². The maximum atomic E-state index is 11.5. The molecule has 0 radical (unpaired) electrons. The summed E-state index contributed by atoms with van der Waals surface area (Å²) in [6.45, 7) is 0.621. The summed E-state index contributed by atoms with van der Waals surface area (Å²) >= 11 is 0. The minimum atomic E-state index is -0.342. The molecule has 0 fully saturated rings. The van der Waals surface area contributed by atoms with Gasteiger partial charge >= 0.3 is 0 Å². The van der Waals surface area contributed by atoms with E-state index in [0.29, 0.717) is 18.7 Å². The van der Waals surface area contributed by atoms with E-state index in [-0.39, 0.29) is 18.2 Å². The monoisotopic (exact) mass is 232 g/mol. The van der Waals surface area contributed by atoms with E-state index in [1.807, 2.05) is 0 Å². The molecule has 1 aromatic rings. The Labute approximate surface area is 98.7 Å². The van der Waals surface area contributed by atoms with Gasteiger partial charge in [0, 0.05) is 31.0 Å². The molecule has 6 nitrogen and oxygen atoms in total. The summed E-state index contributed by atoms with van der Waals surface area (Å²) in [4.78, 5) is 26.2. The molecule has 0 unspecified atom stereocenters. The zero-order valence-corrected chi connectivity index (χ0v) is 9.14. The van der Waals surface area contributed by atoms with Crippen LogP contribution in [0, 0.1) is 11.3 Å². The van der Waals surface area contributed by atoms with Crippen molar-refractivity contribution >= 4 is 11.8 Å². The molecule has 1 aromatic heterocycles. The maximum absolute atomic E-state index is 11.5. The molecule has 0 aliphatic rings. The van der Waals surface area contributed by atoms with Gasteiger partial charge in [-0.3, -0.25) is 14.6 Å². The Morgan fingerprint density at radius 3 is 2.53 bits per heavy atom. The number of nitrogens with zero attached hydrogens (tertiary/aromatic N) is 2. The summed E-state index contributed by atoms with van der Waals surface area (Å²) in [5.41, 5.74) is 0.517. The Hall–Kier alpha value is -2.42. The van der Waals surface area contributed by atoms with E-state index in [1.54, 1.807) is 18.2 Å². The number of nitrogens with one attached hydrogen (secondary N) is 2. The van der Waals surface area contributed by atoms with Crippen LogP contribution in [0.25, 0.3) is 0 Å². The zero-order valence-electron chi connectivity index (χ0n) is 9.14. The Balaban J connectivity index is 2.22. The Bertz CT molecular complexity index is 425. The van der Waals surface area contributed by atoms with Crippen molar-refractivity contribution in [2.45, 2.75) is 6.42 Å². The van der Waals surface area contributed by atoms with Crippen molar-refractivity contribution in [2.75, 3.05) is 13.1 Å². The molecule has 0 aromatic carbocycles. The molecule has 6 heteroatoms. The van der Waals surface area contributed by atoms with Crippen LogP contribution in [0.5, 0.6) is 0 Å². The smallest absolute Gasteiger partial charge is 0.251 e. The number of amides is 2. The lowest BCUT2D eigenvalue weighted by atomic mass is 10.2. The predicted octanol–water partition coefficient (Wildman–Crippen LogP) is -0.159. The van der Waals surface area contributed by atoms with Crippen LogP contribution in [0.2, 0.25) is 0 Å². The number of pyridine rings is 1. The van der Waals surface area contributed by atoms with Gasteiger partial charge < -0.3 is 10.6 Å². The first-order valence-corrected chi connectivity index (χ1v) is 5.06. The Kier molecular flexibility index (Phi) is 5.17. The van der Waals surface area contributed by atoms with Crippen LogP contribution in [0.1, 0.15) is 16.8 Å². The second kappa shape index (κ2) is 6.95. The van der Waals surface area contributed by atoms with Gasteiger partial charge in [-0.1, -0.05) is 0 Å². The summed E-state index contributed by atoms with van der Waals surface area (Å²) in [5, 5.41) is 13.4. The molecule has 2 N–H and O–H groups in total. The van der Waals surface area contributed by atoms with Crippen LogP contribution in [0.3, 0.4) is 0 Å². The standard InChI is InChI=1S/C11H12N4O2/c12-4-1-10(16)14-7-8-15-11(17)9-2-5-13-6-3-9/h2-3,5-6H,1,7-8H2,(H,14,16)(H,15,17). The highest BCUT2D eigenvalue weighted by atomic mass is 16.2. The van der Waals surface area contributed by atoms with E-state index >= 15 is 0 Å². The van der Waals surface area contributed by atoms with Gasteiger partial charge in [0.15, 0.2) is 0 Å². The van der Waals surface area contributed by atoms with Crippen LogP contribution in [0.4, 0.5) is 0 Å². The highest BCUT2D eigenvalue weighted by molar-refractivity contribution is 5.93. The first-order chi connectivity index (χ1) is 8.24. The number of hydrogen-bond donors (Lipinski definition) is 2. The number of hydrogen-bond acceptors (Lipinski definition) is 4. The molecule has 0 bridgehead atoms. The average Bonchev–Trinajstić information content (AvgIpc) is 2.36. The van der Waals surface area contributed by atoms with Crippen LogP contribution in [-0.4, -0.2) is 29.9 Å². The fourth-order valence-electron chi connectivity index (χ4n) is 1.12. The molecule has 0 saturated heterocycles. The van der Waals surface area contributed by atoms with E-state index in [1.165, 1.54) is 12.4 Å². The van der Waals surface area contributed by atoms with Crippen LogP contribution in [0.15, 0.2) is 24.5 Å². The molecule has 0 aliphatic heterocycles. The van der Waals surface area contributed by atoms with Crippen LogP contribution >= 0.6 is 0 Å². The van der Waals surface area contributed by atoms with Crippen molar-refractivity contribution in [1.29, 1.82) is 5.26 Å². The molecular formula is C11H12N4O2. The van der Waals surface area contributed by atoms with Gasteiger partial charge in [0.1, 0.15) is 6.42 Å². The first kappa shape index (κ1) is 12.6. The van der Waals surface area contributed by atoms with E-state index < -0.39 is 0 Å². The number of nitriles is 1. The molecule has 1 rings (SSSR count). The molecular weight excluding hydrogens is 220 g/mol. The molecule has 0 saturated carbocycles.